The maximum atomic E-state index is 12.2. The van der Waals surface area contributed by atoms with Gasteiger partial charge in [-0.25, -0.2) is 4.98 Å². The number of hydrogen-bond acceptors (Lipinski definition) is 4. The third-order valence-electron chi connectivity index (χ3n) is 4.10. The first-order valence-corrected chi connectivity index (χ1v) is 9.31. The molecule has 1 N–H and O–H groups in total. The Morgan fingerprint density at radius 2 is 1.92 bits per heavy atom. The van der Waals surface area contributed by atoms with Crippen LogP contribution < -0.4 is 5.32 Å². The third-order valence-corrected chi connectivity index (χ3v) is 5.01. The van der Waals surface area contributed by atoms with E-state index in [1.165, 1.54) is 11.8 Å². The van der Waals surface area contributed by atoms with Gasteiger partial charge in [0, 0.05) is 11.1 Å². The van der Waals surface area contributed by atoms with Crippen molar-refractivity contribution in [2.45, 2.75) is 25.3 Å². The van der Waals surface area contributed by atoms with E-state index in [1.807, 2.05) is 49.4 Å². The minimum absolute atomic E-state index is 0.0765. The summed E-state index contributed by atoms with van der Waals surface area (Å²) in [6, 6.07) is 17.6. The molecule has 0 saturated heterocycles. The Hall–Kier alpha value is -2.84. The smallest absolute Gasteiger partial charge is 0.234 e. The number of thioether (sulfide) groups is 1. The first-order valence-electron chi connectivity index (χ1n) is 8.32. The molecular formula is C21H19N3OS. The van der Waals surface area contributed by atoms with E-state index >= 15 is 0 Å². The molecule has 0 atom stereocenters. The Labute approximate surface area is 157 Å². The number of carbonyl (C=O) groups is 1. The first kappa shape index (κ1) is 18.0. The molecule has 5 heteroatoms. The largest absolute Gasteiger partial charge is 0.325 e. The van der Waals surface area contributed by atoms with Crippen molar-refractivity contribution in [1.82, 2.24) is 4.98 Å². The molecule has 0 bridgehead atoms. The summed E-state index contributed by atoms with van der Waals surface area (Å²) >= 11 is 1.43. The average molecular weight is 361 g/mol. The van der Waals surface area contributed by atoms with Gasteiger partial charge in [-0.05, 0) is 48.7 Å². The van der Waals surface area contributed by atoms with Crippen molar-refractivity contribution in [3.05, 3.63) is 65.2 Å². The number of fused-ring (bicyclic) bond motifs is 1. The van der Waals surface area contributed by atoms with Crippen LogP contribution in [0.15, 0.2) is 53.6 Å². The second kappa shape index (κ2) is 8.03. The number of benzene rings is 2. The summed E-state index contributed by atoms with van der Waals surface area (Å²) in [6.45, 7) is 4.11. The van der Waals surface area contributed by atoms with E-state index < -0.39 is 0 Å². The predicted octanol–water partition coefficient (Wildman–Crippen LogP) is 4.65. The molecule has 0 unspecified atom stereocenters. The zero-order valence-electron chi connectivity index (χ0n) is 14.7. The second-order valence-corrected chi connectivity index (χ2v) is 7.11. The lowest BCUT2D eigenvalue weighted by molar-refractivity contribution is -0.113. The number of rotatable bonds is 5. The number of nitrogens with zero attached hydrogens (tertiary/aromatic N) is 2. The normalized spacial score (nSPS) is 10.5. The van der Waals surface area contributed by atoms with E-state index in [4.69, 9.17) is 10.2 Å². The summed E-state index contributed by atoms with van der Waals surface area (Å²) in [5.74, 6) is 0.219. The van der Waals surface area contributed by atoms with Crippen molar-refractivity contribution in [2.24, 2.45) is 0 Å². The number of aryl methyl sites for hydroxylation is 2. The molecule has 3 aromatic rings. The fraction of sp³-hybridized carbons (Fsp3) is 0.190. The molecule has 0 aliphatic rings. The van der Waals surface area contributed by atoms with Crippen molar-refractivity contribution < 1.29 is 4.79 Å². The Morgan fingerprint density at radius 1 is 1.15 bits per heavy atom. The van der Waals surface area contributed by atoms with Crippen LogP contribution in [0.25, 0.3) is 10.9 Å². The van der Waals surface area contributed by atoms with Gasteiger partial charge in [0.2, 0.25) is 5.91 Å². The maximum absolute atomic E-state index is 12.2. The Morgan fingerprint density at radius 3 is 2.65 bits per heavy atom. The maximum Gasteiger partial charge on any atom is 0.234 e. The molecule has 1 heterocycles. The van der Waals surface area contributed by atoms with Crippen molar-refractivity contribution in [3.8, 4) is 6.07 Å². The minimum Gasteiger partial charge on any atom is -0.325 e. The molecule has 0 aliphatic carbocycles. The van der Waals surface area contributed by atoms with Gasteiger partial charge in [0.15, 0.2) is 0 Å². The summed E-state index contributed by atoms with van der Waals surface area (Å²) in [5, 5.41) is 13.6. The fourth-order valence-corrected chi connectivity index (χ4v) is 3.51. The fourth-order valence-electron chi connectivity index (χ4n) is 2.74. The van der Waals surface area contributed by atoms with Crippen molar-refractivity contribution >= 4 is 34.3 Å². The minimum atomic E-state index is -0.0765. The zero-order valence-corrected chi connectivity index (χ0v) is 15.6. The topological polar surface area (TPSA) is 65.8 Å². The van der Waals surface area contributed by atoms with Crippen LogP contribution in [0.1, 0.15) is 16.7 Å². The summed E-state index contributed by atoms with van der Waals surface area (Å²) in [6.07, 6.45) is 0.372. The van der Waals surface area contributed by atoms with E-state index in [9.17, 15) is 4.79 Å². The molecule has 4 nitrogen and oxygen atoms in total. The van der Waals surface area contributed by atoms with Crippen LogP contribution in [0, 0.1) is 25.2 Å². The van der Waals surface area contributed by atoms with Gasteiger partial charge in [-0.1, -0.05) is 42.1 Å². The van der Waals surface area contributed by atoms with Crippen LogP contribution in [0.3, 0.4) is 0 Å². The average Bonchev–Trinajstić information content (AvgIpc) is 2.63. The van der Waals surface area contributed by atoms with E-state index in [2.05, 4.69) is 24.4 Å². The molecule has 0 saturated carbocycles. The highest BCUT2D eigenvalue weighted by Gasteiger charge is 2.08. The number of hydrogen-bond donors (Lipinski definition) is 1. The monoisotopic (exact) mass is 361 g/mol. The molecule has 26 heavy (non-hydrogen) atoms. The SMILES string of the molecule is Cc1cc(SCC(=O)Nc2ccc(CC#N)cc2)nc2c(C)cccc12. The summed E-state index contributed by atoms with van der Waals surface area (Å²) in [4.78, 5) is 16.9. The zero-order chi connectivity index (χ0) is 18.5. The summed E-state index contributed by atoms with van der Waals surface area (Å²) in [5.41, 5.74) is 4.95. The van der Waals surface area contributed by atoms with Crippen LogP contribution in [0.2, 0.25) is 0 Å². The number of anilines is 1. The van der Waals surface area contributed by atoms with Crippen molar-refractivity contribution in [1.29, 1.82) is 5.26 Å². The van der Waals surface area contributed by atoms with E-state index in [1.54, 1.807) is 0 Å². The quantitative estimate of drug-likeness (QED) is 0.672. The number of amides is 1. The number of nitriles is 1. The molecule has 1 aromatic heterocycles. The standard InChI is InChI=1S/C21H19N3OS/c1-14-4-3-5-18-15(2)12-20(24-21(14)18)26-13-19(25)23-17-8-6-16(7-9-17)10-11-22/h3-9,12H,10,13H2,1-2H3,(H,23,25). The number of aromatic nitrogens is 1. The third kappa shape index (κ3) is 4.22. The molecule has 0 spiro atoms. The van der Waals surface area contributed by atoms with Gasteiger partial charge in [-0.3, -0.25) is 4.79 Å². The Bertz CT molecular complexity index is 991. The van der Waals surface area contributed by atoms with Crippen LogP contribution in [-0.4, -0.2) is 16.6 Å². The second-order valence-electron chi connectivity index (χ2n) is 6.12. The van der Waals surface area contributed by atoms with Gasteiger partial charge in [0.1, 0.15) is 0 Å². The lowest BCUT2D eigenvalue weighted by Gasteiger charge is -2.09. The van der Waals surface area contributed by atoms with Gasteiger partial charge in [0.05, 0.1) is 28.8 Å². The van der Waals surface area contributed by atoms with E-state index in [-0.39, 0.29) is 5.91 Å². The molecule has 0 aliphatic heterocycles. The lowest BCUT2D eigenvalue weighted by atomic mass is 10.1. The van der Waals surface area contributed by atoms with Crippen LogP contribution in [0.4, 0.5) is 5.69 Å². The molecule has 1 amide bonds. The highest BCUT2D eigenvalue weighted by atomic mass is 32.2. The molecular weight excluding hydrogens is 342 g/mol. The van der Waals surface area contributed by atoms with Gasteiger partial charge in [-0.2, -0.15) is 5.26 Å². The lowest BCUT2D eigenvalue weighted by Crippen LogP contribution is -2.14. The summed E-state index contributed by atoms with van der Waals surface area (Å²) in [7, 11) is 0. The molecule has 0 fully saturated rings. The van der Waals surface area contributed by atoms with Crippen LogP contribution >= 0.6 is 11.8 Å². The Kier molecular flexibility index (Phi) is 5.55. The van der Waals surface area contributed by atoms with E-state index in [0.29, 0.717) is 12.2 Å². The Balaban J connectivity index is 1.65. The number of pyridine rings is 1. The van der Waals surface area contributed by atoms with Gasteiger partial charge in [-0.15, -0.1) is 0 Å². The van der Waals surface area contributed by atoms with E-state index in [0.717, 1.165) is 38.3 Å². The van der Waals surface area contributed by atoms with Crippen molar-refractivity contribution in [3.63, 3.8) is 0 Å². The molecule has 0 radical (unpaired) electrons. The number of nitrogens with one attached hydrogen (secondary N) is 1. The highest BCUT2D eigenvalue weighted by Crippen LogP contribution is 2.25. The summed E-state index contributed by atoms with van der Waals surface area (Å²) < 4.78 is 0. The number of carbonyl (C=O) groups excluding carboxylic acids is 1. The molecule has 2 aromatic carbocycles. The highest BCUT2D eigenvalue weighted by molar-refractivity contribution is 7.99. The first-order chi connectivity index (χ1) is 12.6. The van der Waals surface area contributed by atoms with Gasteiger partial charge >= 0.3 is 0 Å². The van der Waals surface area contributed by atoms with Crippen LogP contribution in [0.5, 0.6) is 0 Å². The molecule has 130 valence electrons. The van der Waals surface area contributed by atoms with Gasteiger partial charge in [0.25, 0.3) is 0 Å². The number of para-hydroxylation sites is 1. The predicted molar refractivity (Wildman–Crippen MR) is 106 cm³/mol. The van der Waals surface area contributed by atoms with Crippen LogP contribution in [-0.2, 0) is 11.2 Å². The molecule has 3 rings (SSSR count). The van der Waals surface area contributed by atoms with Gasteiger partial charge < -0.3 is 5.32 Å². The van der Waals surface area contributed by atoms with Crippen molar-refractivity contribution in [2.75, 3.05) is 11.1 Å².